The molecule has 11 heteroatoms. The number of nitrogens with zero attached hydrogens (tertiary/aromatic N) is 5. The van der Waals surface area contributed by atoms with E-state index in [4.69, 9.17) is 21.5 Å². The van der Waals surface area contributed by atoms with Crippen molar-refractivity contribution in [1.29, 1.82) is 15.8 Å². The van der Waals surface area contributed by atoms with E-state index in [9.17, 15) is 10.5 Å². The lowest BCUT2D eigenvalue weighted by atomic mass is 9.95. The molecule has 1 aromatic heterocycles. The monoisotopic (exact) mass is 513 g/mol. The molecule has 166 valence electrons. The smallest absolute Gasteiger partial charge is 0.211 e. The van der Waals surface area contributed by atoms with Crippen molar-refractivity contribution in [1.82, 2.24) is 10.3 Å². The number of benzene rings is 2. The molecule has 1 aliphatic heterocycles. The maximum atomic E-state index is 9.46. The Morgan fingerprint density at radius 1 is 1.12 bits per heavy atom. The molecule has 4 rings (SSSR count). The summed E-state index contributed by atoms with van der Waals surface area (Å²) in [6.45, 7) is 0.216. The lowest BCUT2D eigenvalue weighted by molar-refractivity contribution is 0.304. The molecule has 2 aromatic carbocycles. The zero-order valence-electron chi connectivity index (χ0n) is 17.5. The van der Waals surface area contributed by atoms with Crippen LogP contribution in [0.4, 0.5) is 17.3 Å². The van der Waals surface area contributed by atoms with Crippen molar-refractivity contribution in [2.75, 3.05) is 16.8 Å². The van der Waals surface area contributed by atoms with Gasteiger partial charge in [-0.2, -0.15) is 15.8 Å². The van der Waals surface area contributed by atoms with Crippen LogP contribution in [0.25, 0.3) is 0 Å². The van der Waals surface area contributed by atoms with Gasteiger partial charge >= 0.3 is 0 Å². The molecule has 0 aliphatic carbocycles. The maximum absolute atomic E-state index is 9.46. The van der Waals surface area contributed by atoms with Gasteiger partial charge in [0.25, 0.3) is 0 Å². The molecule has 10 nitrogen and oxygen atoms in total. The van der Waals surface area contributed by atoms with Crippen LogP contribution in [0.3, 0.4) is 0 Å². The average Bonchev–Trinajstić information content (AvgIpc) is 2.83. The Labute approximate surface area is 203 Å². The van der Waals surface area contributed by atoms with Gasteiger partial charge in [-0.3, -0.25) is 5.32 Å². The number of nitrogens with one attached hydrogen (secondary N) is 2. The van der Waals surface area contributed by atoms with Crippen molar-refractivity contribution >= 4 is 39.2 Å². The van der Waals surface area contributed by atoms with E-state index < -0.39 is 6.04 Å². The Morgan fingerprint density at radius 2 is 1.91 bits per heavy atom. The van der Waals surface area contributed by atoms with Crippen LogP contribution in [0.2, 0.25) is 0 Å². The van der Waals surface area contributed by atoms with Crippen molar-refractivity contribution in [3.05, 3.63) is 74.8 Å². The molecule has 0 fully saturated rings. The van der Waals surface area contributed by atoms with E-state index in [1.54, 1.807) is 30.3 Å². The van der Waals surface area contributed by atoms with Gasteiger partial charge in [0.15, 0.2) is 6.19 Å². The van der Waals surface area contributed by atoms with Gasteiger partial charge in [0.2, 0.25) is 5.96 Å². The average molecular weight is 514 g/mol. The number of nitrogen functional groups attached to an aromatic ring is 2. The van der Waals surface area contributed by atoms with Gasteiger partial charge in [-0.25, -0.2) is 9.98 Å². The third kappa shape index (κ3) is 4.14. The molecule has 0 radical (unpaired) electrons. The number of fused-ring (bicyclic) bond motifs is 1. The number of hydrogen-bond donors (Lipinski definition) is 4. The molecule has 34 heavy (non-hydrogen) atoms. The van der Waals surface area contributed by atoms with Crippen molar-refractivity contribution in [3.63, 3.8) is 0 Å². The first kappa shape index (κ1) is 22.4. The zero-order chi connectivity index (χ0) is 24.2. The van der Waals surface area contributed by atoms with Gasteiger partial charge in [-0.15, -0.1) is 0 Å². The molecule has 1 aliphatic rings. The topological polar surface area (TPSA) is 182 Å². The molecule has 0 spiro atoms. The Kier molecular flexibility index (Phi) is 6.18. The second-order valence-electron chi connectivity index (χ2n) is 7.15. The van der Waals surface area contributed by atoms with Gasteiger partial charge < -0.3 is 21.5 Å². The fourth-order valence-corrected chi connectivity index (χ4v) is 4.05. The lowest BCUT2D eigenvalue weighted by Gasteiger charge is -2.26. The second-order valence-corrected chi connectivity index (χ2v) is 8.00. The quantitative estimate of drug-likeness (QED) is 0.300. The number of nitrogens with two attached hydrogens (primary N) is 2. The Morgan fingerprint density at radius 3 is 2.62 bits per heavy atom. The van der Waals surface area contributed by atoms with Crippen molar-refractivity contribution in [2.24, 2.45) is 4.99 Å². The second kappa shape index (κ2) is 9.37. The number of aliphatic imine (C=N–C) groups is 1. The third-order valence-corrected chi connectivity index (χ3v) is 5.77. The lowest BCUT2D eigenvalue weighted by Crippen LogP contribution is -2.32. The predicted molar refractivity (Wildman–Crippen MR) is 129 cm³/mol. The molecule has 0 saturated carbocycles. The fraction of sp³-hybridized carbons (Fsp3) is 0.0870. The molecule has 0 bridgehead atoms. The first-order valence-electron chi connectivity index (χ1n) is 9.86. The van der Waals surface area contributed by atoms with Crippen molar-refractivity contribution < 1.29 is 4.74 Å². The third-order valence-electron chi connectivity index (χ3n) is 5.15. The van der Waals surface area contributed by atoms with Crippen LogP contribution >= 0.6 is 15.9 Å². The van der Waals surface area contributed by atoms with Crippen LogP contribution in [0.1, 0.15) is 33.9 Å². The highest BCUT2D eigenvalue weighted by atomic mass is 79.9. The molecule has 1 atom stereocenters. The highest BCUT2D eigenvalue weighted by Gasteiger charge is 2.30. The zero-order valence-corrected chi connectivity index (χ0v) is 19.1. The molecule has 6 N–H and O–H groups in total. The summed E-state index contributed by atoms with van der Waals surface area (Å²) in [5, 5.41) is 33.1. The predicted octanol–water partition coefficient (Wildman–Crippen LogP) is 3.27. The molecular formula is C23H16BrN9O. The minimum atomic E-state index is -0.669. The van der Waals surface area contributed by atoms with Crippen LogP contribution in [-0.4, -0.2) is 10.9 Å². The standard InChI is InChI=1S/C23H16BrN9O/c24-16-7-12(5-6-17(16)34-10-14-4-2-1-3-13(14)8-25)20-18-19(28)15(9-26)21(29)32-22(18)33-23(31-20)30-11-27/h1-7,20H,10H2,(H6,28,29,30,31,32,33). The van der Waals surface area contributed by atoms with E-state index in [1.165, 1.54) is 0 Å². The first-order valence-corrected chi connectivity index (χ1v) is 10.6. The van der Waals surface area contributed by atoms with E-state index in [1.807, 2.05) is 24.4 Å². The van der Waals surface area contributed by atoms with Crippen LogP contribution in [0, 0.1) is 34.1 Å². The van der Waals surface area contributed by atoms with E-state index in [0.717, 1.165) is 5.56 Å². The molecule has 0 saturated heterocycles. The highest BCUT2D eigenvalue weighted by molar-refractivity contribution is 9.10. The summed E-state index contributed by atoms with van der Waals surface area (Å²) in [5.74, 6) is 1.01. The minimum Gasteiger partial charge on any atom is -0.488 e. The number of rotatable bonds is 4. The van der Waals surface area contributed by atoms with Gasteiger partial charge in [0.1, 0.15) is 41.7 Å². The SMILES string of the molecule is N#CNC1=NC(c2ccc(OCc3ccccc3C#N)c(Br)c2)c2c(nc(N)c(C#N)c2N)N1. The molecule has 0 amide bonds. The molecule has 3 aromatic rings. The van der Waals surface area contributed by atoms with Crippen molar-refractivity contribution in [2.45, 2.75) is 12.6 Å². The number of halogens is 1. The van der Waals surface area contributed by atoms with Gasteiger partial charge in [-0.1, -0.05) is 24.3 Å². The van der Waals surface area contributed by atoms with Gasteiger partial charge in [0.05, 0.1) is 21.8 Å². The molecule has 2 heterocycles. The van der Waals surface area contributed by atoms with E-state index in [0.29, 0.717) is 32.7 Å². The summed E-state index contributed by atoms with van der Waals surface area (Å²) in [6.07, 6.45) is 1.82. The summed E-state index contributed by atoms with van der Waals surface area (Å²) in [4.78, 5) is 8.78. The number of nitriles is 3. The fourth-order valence-electron chi connectivity index (χ4n) is 3.54. The first-order chi connectivity index (χ1) is 16.5. The number of hydrogen-bond acceptors (Lipinski definition) is 10. The Bertz CT molecular complexity index is 1450. The molecule has 1 unspecified atom stereocenters. The summed E-state index contributed by atoms with van der Waals surface area (Å²) < 4.78 is 6.56. The van der Waals surface area contributed by atoms with Crippen LogP contribution < -0.4 is 26.8 Å². The Balaban J connectivity index is 1.70. The largest absolute Gasteiger partial charge is 0.488 e. The number of guanidine groups is 1. The highest BCUT2D eigenvalue weighted by Crippen LogP contribution is 2.42. The Hall–Kier alpha value is -4.79. The van der Waals surface area contributed by atoms with E-state index >= 15 is 0 Å². The van der Waals surface area contributed by atoms with Crippen LogP contribution in [0.5, 0.6) is 5.75 Å². The minimum absolute atomic E-state index is 0.0224. The van der Waals surface area contributed by atoms with Crippen LogP contribution in [0.15, 0.2) is 51.9 Å². The summed E-state index contributed by atoms with van der Waals surface area (Å²) in [7, 11) is 0. The van der Waals surface area contributed by atoms with Crippen molar-refractivity contribution in [3.8, 4) is 24.1 Å². The molecular weight excluding hydrogens is 498 g/mol. The normalized spacial score (nSPS) is 13.8. The van der Waals surface area contributed by atoms with Gasteiger partial charge in [-0.05, 0) is 39.7 Å². The van der Waals surface area contributed by atoms with Gasteiger partial charge in [0, 0.05) is 11.1 Å². The maximum Gasteiger partial charge on any atom is 0.211 e. The summed E-state index contributed by atoms with van der Waals surface area (Å²) >= 11 is 3.53. The van der Waals surface area contributed by atoms with E-state index in [2.05, 4.69) is 42.6 Å². The summed E-state index contributed by atoms with van der Waals surface area (Å²) in [6, 6.07) is 16.0. The number of anilines is 3. The number of ether oxygens (including phenoxy) is 1. The number of aromatic nitrogens is 1. The number of pyridine rings is 1. The van der Waals surface area contributed by atoms with E-state index in [-0.39, 0.29) is 29.6 Å². The van der Waals surface area contributed by atoms with Crippen LogP contribution in [-0.2, 0) is 6.61 Å². The summed E-state index contributed by atoms with van der Waals surface area (Å²) in [5.41, 5.74) is 14.9.